The van der Waals surface area contributed by atoms with E-state index in [1.807, 2.05) is 19.9 Å². The monoisotopic (exact) mass is 626 g/mol. The topological polar surface area (TPSA) is 57.2 Å². The molecule has 1 saturated heterocycles. The average Bonchev–Trinajstić information content (AvgIpc) is 3.23. The van der Waals surface area contributed by atoms with Gasteiger partial charge in [0.1, 0.15) is 12.2 Å². The minimum atomic E-state index is -2.67. The number of ether oxygens (including phenoxy) is 2. The summed E-state index contributed by atoms with van der Waals surface area (Å²) in [6, 6.07) is 21.3. The first-order valence-electron chi connectivity index (χ1n) is 16.0. The second-order valence-electron chi connectivity index (χ2n) is 15.3. The molecular weight excluding hydrogens is 569 g/mol. The Labute approximate surface area is 264 Å². The van der Waals surface area contributed by atoms with Crippen LogP contribution in [0.15, 0.2) is 72.8 Å². The van der Waals surface area contributed by atoms with Crippen LogP contribution in [-0.2, 0) is 18.3 Å². The summed E-state index contributed by atoms with van der Waals surface area (Å²) in [5.74, 6) is -0.637. The van der Waals surface area contributed by atoms with Crippen molar-refractivity contribution in [3.05, 3.63) is 72.8 Å². The Balaban J connectivity index is 1.77. The molecule has 0 aromatic heterocycles. The molecule has 3 rings (SSSR count). The minimum absolute atomic E-state index is 0.0529. The van der Waals surface area contributed by atoms with Crippen molar-refractivity contribution < 1.29 is 23.4 Å². The van der Waals surface area contributed by atoms with Gasteiger partial charge in [-0.3, -0.25) is 0 Å². The predicted octanol–water partition coefficient (Wildman–Crippen LogP) is 7.44. The second kappa shape index (κ2) is 13.8. The smallest absolute Gasteiger partial charge is 0.261 e. The Bertz CT molecular complexity index is 1130. The molecule has 0 radical (unpaired) electrons. The van der Waals surface area contributed by atoms with Crippen molar-refractivity contribution in [3.63, 3.8) is 0 Å². The summed E-state index contributed by atoms with van der Waals surface area (Å²) in [6.45, 7) is 26.8. The van der Waals surface area contributed by atoms with Gasteiger partial charge >= 0.3 is 0 Å². The molecule has 5 atom stereocenters. The van der Waals surface area contributed by atoms with E-state index in [-0.39, 0.29) is 28.2 Å². The van der Waals surface area contributed by atoms with Crippen LogP contribution in [0.5, 0.6) is 0 Å². The number of benzene rings is 2. The van der Waals surface area contributed by atoms with Gasteiger partial charge in [-0.05, 0) is 66.7 Å². The SMILES string of the molecule is C[C@H](C=C[C@H](O)[C@H]1OC(C)(C)O[C@H]1CCO[Si](c1ccccc1)(c1ccccc1)C(C)(C)C)[C@H](C)O[Si](C)(C)C(C)(C)C. The van der Waals surface area contributed by atoms with Gasteiger partial charge in [0.05, 0.1) is 6.10 Å². The van der Waals surface area contributed by atoms with Crippen molar-refractivity contribution in [3.8, 4) is 0 Å². The lowest BCUT2D eigenvalue weighted by molar-refractivity contribution is -0.153. The van der Waals surface area contributed by atoms with E-state index in [0.717, 1.165) is 0 Å². The van der Waals surface area contributed by atoms with E-state index in [4.69, 9.17) is 18.3 Å². The molecule has 0 unspecified atom stereocenters. The molecule has 1 fully saturated rings. The Kier molecular flexibility index (Phi) is 11.5. The summed E-state index contributed by atoms with van der Waals surface area (Å²) in [5, 5.41) is 13.9. The fourth-order valence-corrected chi connectivity index (χ4v) is 11.8. The summed E-state index contributed by atoms with van der Waals surface area (Å²) < 4.78 is 26.3. The van der Waals surface area contributed by atoms with Crippen molar-refractivity contribution in [2.24, 2.45) is 5.92 Å². The number of hydrogen-bond donors (Lipinski definition) is 1. The van der Waals surface area contributed by atoms with Gasteiger partial charge < -0.3 is 23.4 Å². The van der Waals surface area contributed by atoms with E-state index < -0.39 is 34.6 Å². The van der Waals surface area contributed by atoms with Crippen LogP contribution in [0, 0.1) is 5.92 Å². The largest absolute Gasteiger partial charge is 0.414 e. The van der Waals surface area contributed by atoms with Crippen LogP contribution >= 0.6 is 0 Å². The molecule has 2 aromatic rings. The third-order valence-corrected chi connectivity index (χ3v) is 19.0. The Morgan fingerprint density at radius 1 is 0.837 bits per heavy atom. The molecule has 0 saturated carbocycles. The molecule has 0 amide bonds. The molecule has 240 valence electrons. The molecule has 2 aromatic carbocycles. The van der Waals surface area contributed by atoms with Crippen LogP contribution in [0.4, 0.5) is 0 Å². The molecule has 0 aliphatic carbocycles. The summed E-state index contributed by atoms with van der Waals surface area (Å²) in [5.41, 5.74) is 0. The van der Waals surface area contributed by atoms with E-state index in [9.17, 15) is 5.11 Å². The fraction of sp³-hybridized carbons (Fsp3) is 0.611. The minimum Gasteiger partial charge on any atom is -0.414 e. The van der Waals surface area contributed by atoms with Crippen LogP contribution < -0.4 is 10.4 Å². The lowest BCUT2D eigenvalue weighted by Crippen LogP contribution is -2.66. The van der Waals surface area contributed by atoms with Crippen LogP contribution in [0.2, 0.25) is 23.2 Å². The standard InChI is InChI=1S/C36H58O5Si2/c1-27(28(2)41-42(11,12)34(3,4)5)23-24-31(37)33-32(39-36(9,10)40-33)25-26-38-43(35(6,7)8,29-19-15-13-16-20-29)30-21-17-14-18-22-30/h13-24,27-28,31-33,37H,25-26H2,1-12H3/t27-,28+,31+,32+,33-/m1/s1. The number of rotatable bonds is 12. The fourth-order valence-electron chi connectivity index (χ4n) is 5.77. The van der Waals surface area contributed by atoms with Crippen molar-refractivity contribution in [1.82, 2.24) is 0 Å². The first-order valence-corrected chi connectivity index (χ1v) is 20.8. The quantitative estimate of drug-likeness (QED) is 0.196. The van der Waals surface area contributed by atoms with Crippen LogP contribution in [0.25, 0.3) is 0 Å². The normalized spacial score (nSPS) is 22.1. The van der Waals surface area contributed by atoms with Crippen molar-refractivity contribution in [2.45, 2.75) is 129 Å². The Hall–Kier alpha value is -1.59. The van der Waals surface area contributed by atoms with E-state index in [1.165, 1.54) is 10.4 Å². The predicted molar refractivity (Wildman–Crippen MR) is 184 cm³/mol. The second-order valence-corrected chi connectivity index (χ2v) is 24.3. The van der Waals surface area contributed by atoms with Gasteiger partial charge in [-0.25, -0.2) is 0 Å². The van der Waals surface area contributed by atoms with Gasteiger partial charge in [-0.15, -0.1) is 0 Å². The summed E-state index contributed by atoms with van der Waals surface area (Å²) >= 11 is 0. The highest BCUT2D eigenvalue weighted by molar-refractivity contribution is 6.99. The Morgan fingerprint density at radius 2 is 1.35 bits per heavy atom. The first kappa shape index (κ1) is 35.9. The van der Waals surface area contributed by atoms with Crippen LogP contribution in [-0.4, -0.2) is 58.6 Å². The van der Waals surface area contributed by atoms with Crippen molar-refractivity contribution in [2.75, 3.05) is 6.61 Å². The number of aliphatic hydroxyl groups is 1. The lowest BCUT2D eigenvalue weighted by atomic mass is 10.0. The third kappa shape index (κ3) is 8.57. The summed E-state index contributed by atoms with van der Waals surface area (Å²) in [4.78, 5) is 0. The maximum Gasteiger partial charge on any atom is 0.261 e. The van der Waals surface area contributed by atoms with Gasteiger partial charge in [-0.1, -0.05) is 121 Å². The van der Waals surface area contributed by atoms with Crippen molar-refractivity contribution >= 4 is 27.0 Å². The Morgan fingerprint density at radius 3 is 1.81 bits per heavy atom. The van der Waals surface area contributed by atoms with Crippen LogP contribution in [0.1, 0.15) is 75.7 Å². The molecule has 0 bridgehead atoms. The van der Waals surface area contributed by atoms with Gasteiger partial charge in [-0.2, -0.15) is 0 Å². The zero-order chi connectivity index (χ0) is 32.3. The first-order chi connectivity index (χ1) is 19.8. The molecule has 1 aliphatic rings. The lowest BCUT2D eigenvalue weighted by Gasteiger charge is -2.43. The van der Waals surface area contributed by atoms with Gasteiger partial charge in [0.25, 0.3) is 8.32 Å². The molecule has 5 nitrogen and oxygen atoms in total. The molecule has 1 heterocycles. The molecule has 43 heavy (non-hydrogen) atoms. The van der Waals surface area contributed by atoms with E-state index in [0.29, 0.717) is 13.0 Å². The summed E-state index contributed by atoms with van der Waals surface area (Å²) in [7, 11) is -4.55. The maximum absolute atomic E-state index is 11.3. The summed E-state index contributed by atoms with van der Waals surface area (Å²) in [6.07, 6.45) is 3.00. The van der Waals surface area contributed by atoms with Crippen LogP contribution in [0.3, 0.4) is 0 Å². The number of aliphatic hydroxyl groups excluding tert-OH is 1. The number of hydrogen-bond acceptors (Lipinski definition) is 5. The molecular formula is C36H58O5Si2. The molecule has 0 spiro atoms. The zero-order valence-corrected chi connectivity index (χ0v) is 30.8. The van der Waals surface area contributed by atoms with Crippen molar-refractivity contribution in [1.29, 1.82) is 0 Å². The molecule has 1 N–H and O–H groups in total. The van der Waals surface area contributed by atoms with Gasteiger partial charge in [0, 0.05) is 12.7 Å². The van der Waals surface area contributed by atoms with E-state index in [2.05, 4.69) is 135 Å². The maximum atomic E-state index is 11.3. The third-order valence-electron chi connectivity index (χ3n) is 9.33. The molecule has 1 aliphatic heterocycles. The highest BCUT2D eigenvalue weighted by Gasteiger charge is 2.51. The van der Waals surface area contributed by atoms with Gasteiger partial charge in [0.15, 0.2) is 14.1 Å². The molecule has 7 heteroatoms. The van der Waals surface area contributed by atoms with E-state index >= 15 is 0 Å². The van der Waals surface area contributed by atoms with E-state index in [1.54, 1.807) is 0 Å². The zero-order valence-electron chi connectivity index (χ0n) is 28.8. The highest BCUT2D eigenvalue weighted by atomic mass is 28.4. The highest BCUT2D eigenvalue weighted by Crippen LogP contribution is 2.39. The average molecular weight is 627 g/mol. The van der Waals surface area contributed by atoms with Gasteiger partial charge in [0.2, 0.25) is 0 Å².